The van der Waals surface area contributed by atoms with Crippen LogP contribution < -0.4 is 0 Å². The van der Waals surface area contributed by atoms with E-state index in [4.69, 9.17) is 0 Å². The van der Waals surface area contributed by atoms with Crippen LogP contribution in [0.4, 0.5) is 4.39 Å². The SMILES string of the molecule is CCCCCCCCCc1ccc(-c2cccc(F)n2)cc1. The molecule has 0 bridgehead atoms. The average molecular weight is 299 g/mol. The summed E-state index contributed by atoms with van der Waals surface area (Å²) >= 11 is 0. The number of aromatic nitrogens is 1. The molecule has 1 aromatic carbocycles. The summed E-state index contributed by atoms with van der Waals surface area (Å²) in [4.78, 5) is 3.92. The third kappa shape index (κ3) is 5.59. The van der Waals surface area contributed by atoms with E-state index < -0.39 is 5.95 Å². The van der Waals surface area contributed by atoms with Crippen molar-refractivity contribution in [2.45, 2.75) is 58.3 Å². The fourth-order valence-corrected chi connectivity index (χ4v) is 2.70. The molecule has 1 nitrogen and oxygen atoms in total. The lowest BCUT2D eigenvalue weighted by atomic mass is 10.0. The van der Waals surface area contributed by atoms with Crippen molar-refractivity contribution in [3.8, 4) is 11.3 Å². The summed E-state index contributed by atoms with van der Waals surface area (Å²) in [5, 5.41) is 0. The van der Waals surface area contributed by atoms with Gasteiger partial charge in [0.25, 0.3) is 0 Å². The zero-order valence-electron chi connectivity index (χ0n) is 13.5. The Balaban J connectivity index is 1.75. The molecule has 0 aliphatic carbocycles. The number of benzene rings is 1. The molecule has 0 saturated carbocycles. The second-order valence-electron chi connectivity index (χ2n) is 5.91. The van der Waals surface area contributed by atoms with Crippen molar-refractivity contribution in [2.75, 3.05) is 0 Å². The molecule has 0 saturated heterocycles. The first kappa shape index (κ1) is 16.7. The minimum absolute atomic E-state index is 0.426. The number of hydrogen-bond donors (Lipinski definition) is 0. The zero-order valence-corrected chi connectivity index (χ0v) is 13.5. The van der Waals surface area contributed by atoms with E-state index >= 15 is 0 Å². The van der Waals surface area contributed by atoms with Crippen molar-refractivity contribution in [3.63, 3.8) is 0 Å². The molecule has 2 heteroatoms. The molecule has 0 aliphatic heterocycles. The molecule has 0 unspecified atom stereocenters. The molecule has 0 aliphatic rings. The normalized spacial score (nSPS) is 10.8. The van der Waals surface area contributed by atoms with Crippen molar-refractivity contribution in [3.05, 3.63) is 54.0 Å². The molecule has 0 radical (unpaired) electrons. The Bertz CT molecular complexity index is 548. The number of nitrogens with zero attached hydrogens (tertiary/aromatic N) is 1. The molecule has 1 heterocycles. The summed E-state index contributed by atoms with van der Waals surface area (Å²) in [7, 11) is 0. The first-order chi connectivity index (χ1) is 10.8. The fraction of sp³-hybridized carbons (Fsp3) is 0.450. The van der Waals surface area contributed by atoms with Crippen LogP contribution in [0.3, 0.4) is 0 Å². The molecule has 118 valence electrons. The second-order valence-corrected chi connectivity index (χ2v) is 5.91. The van der Waals surface area contributed by atoms with Crippen molar-refractivity contribution in [2.24, 2.45) is 0 Å². The van der Waals surface area contributed by atoms with E-state index in [9.17, 15) is 4.39 Å². The van der Waals surface area contributed by atoms with Crippen LogP contribution in [-0.2, 0) is 6.42 Å². The fourth-order valence-electron chi connectivity index (χ4n) is 2.70. The van der Waals surface area contributed by atoms with Crippen molar-refractivity contribution < 1.29 is 4.39 Å². The van der Waals surface area contributed by atoms with Crippen molar-refractivity contribution in [1.82, 2.24) is 4.98 Å². The predicted molar refractivity (Wildman–Crippen MR) is 91.3 cm³/mol. The van der Waals surface area contributed by atoms with E-state index in [0.717, 1.165) is 12.0 Å². The minimum atomic E-state index is -0.426. The van der Waals surface area contributed by atoms with Crippen LogP contribution in [-0.4, -0.2) is 4.98 Å². The van der Waals surface area contributed by atoms with Gasteiger partial charge in [0.1, 0.15) is 0 Å². The van der Waals surface area contributed by atoms with Crippen LogP contribution in [0, 0.1) is 5.95 Å². The molecule has 22 heavy (non-hydrogen) atoms. The van der Waals surface area contributed by atoms with Gasteiger partial charge in [0.15, 0.2) is 0 Å². The molecule has 0 spiro atoms. The smallest absolute Gasteiger partial charge is 0.213 e. The van der Waals surface area contributed by atoms with Gasteiger partial charge in [-0.2, -0.15) is 4.39 Å². The summed E-state index contributed by atoms with van der Waals surface area (Å²) in [6.45, 7) is 2.25. The van der Waals surface area contributed by atoms with E-state index in [2.05, 4.69) is 24.0 Å². The standard InChI is InChI=1S/C20H26FN/c1-2-3-4-5-6-7-8-10-17-13-15-18(16-14-17)19-11-9-12-20(21)22-19/h9,11-16H,2-8,10H2,1H3. The van der Waals surface area contributed by atoms with Crippen LogP contribution in [0.1, 0.15) is 57.4 Å². The molecular weight excluding hydrogens is 273 g/mol. The van der Waals surface area contributed by atoms with Crippen LogP contribution in [0.5, 0.6) is 0 Å². The van der Waals surface area contributed by atoms with Crippen LogP contribution in [0.2, 0.25) is 0 Å². The number of halogens is 1. The first-order valence-corrected chi connectivity index (χ1v) is 8.51. The maximum Gasteiger partial charge on any atom is 0.213 e. The Morgan fingerprint density at radius 2 is 1.50 bits per heavy atom. The Kier molecular flexibility index (Phi) is 7.08. The highest BCUT2D eigenvalue weighted by Crippen LogP contribution is 2.19. The van der Waals surface area contributed by atoms with E-state index in [1.54, 1.807) is 6.07 Å². The summed E-state index contributed by atoms with van der Waals surface area (Å²) < 4.78 is 13.1. The predicted octanol–water partition coefficient (Wildman–Crippen LogP) is 6.18. The molecular formula is C20H26FN. The third-order valence-corrected chi connectivity index (χ3v) is 4.03. The lowest BCUT2D eigenvalue weighted by Crippen LogP contribution is -1.89. The first-order valence-electron chi connectivity index (χ1n) is 8.51. The van der Waals surface area contributed by atoms with Crippen LogP contribution in [0.25, 0.3) is 11.3 Å². The van der Waals surface area contributed by atoms with E-state index in [0.29, 0.717) is 5.69 Å². The van der Waals surface area contributed by atoms with E-state index in [1.807, 2.05) is 18.2 Å². The van der Waals surface area contributed by atoms with E-state index in [1.165, 1.54) is 56.6 Å². The molecule has 0 N–H and O–H groups in total. The van der Waals surface area contributed by atoms with Crippen LogP contribution >= 0.6 is 0 Å². The van der Waals surface area contributed by atoms with Gasteiger partial charge >= 0.3 is 0 Å². The number of rotatable bonds is 9. The number of unbranched alkanes of at least 4 members (excludes halogenated alkanes) is 6. The Labute approximate surface area is 133 Å². The number of hydrogen-bond acceptors (Lipinski definition) is 1. The Morgan fingerprint density at radius 1 is 0.818 bits per heavy atom. The quantitative estimate of drug-likeness (QED) is 0.398. The van der Waals surface area contributed by atoms with Gasteiger partial charge in [-0.05, 0) is 30.5 Å². The molecule has 2 aromatic rings. The number of pyridine rings is 1. The summed E-state index contributed by atoms with van der Waals surface area (Å²) in [5.74, 6) is -0.426. The minimum Gasteiger partial charge on any atom is -0.220 e. The lowest BCUT2D eigenvalue weighted by Gasteiger charge is -2.05. The van der Waals surface area contributed by atoms with Crippen LogP contribution in [0.15, 0.2) is 42.5 Å². The second kappa shape index (κ2) is 9.34. The van der Waals surface area contributed by atoms with Gasteiger partial charge in [-0.15, -0.1) is 0 Å². The monoisotopic (exact) mass is 299 g/mol. The Hall–Kier alpha value is -1.70. The zero-order chi connectivity index (χ0) is 15.6. The van der Waals surface area contributed by atoms with E-state index in [-0.39, 0.29) is 0 Å². The van der Waals surface area contributed by atoms with Gasteiger partial charge in [-0.1, -0.05) is 75.8 Å². The highest BCUT2D eigenvalue weighted by atomic mass is 19.1. The average Bonchev–Trinajstić information content (AvgIpc) is 2.55. The molecule has 2 rings (SSSR count). The highest BCUT2D eigenvalue weighted by Gasteiger charge is 2.01. The van der Waals surface area contributed by atoms with Gasteiger partial charge in [0.2, 0.25) is 5.95 Å². The summed E-state index contributed by atoms with van der Waals surface area (Å²) in [6.07, 6.45) is 10.5. The van der Waals surface area contributed by atoms with Gasteiger partial charge in [0, 0.05) is 5.56 Å². The Morgan fingerprint density at radius 3 is 2.18 bits per heavy atom. The van der Waals surface area contributed by atoms with Gasteiger partial charge in [-0.3, -0.25) is 0 Å². The summed E-state index contributed by atoms with van der Waals surface area (Å²) in [6, 6.07) is 13.3. The molecule has 0 fully saturated rings. The van der Waals surface area contributed by atoms with Gasteiger partial charge < -0.3 is 0 Å². The molecule has 0 amide bonds. The highest BCUT2D eigenvalue weighted by molar-refractivity contribution is 5.59. The largest absolute Gasteiger partial charge is 0.220 e. The lowest BCUT2D eigenvalue weighted by molar-refractivity contribution is 0.585. The third-order valence-electron chi connectivity index (χ3n) is 4.03. The van der Waals surface area contributed by atoms with Gasteiger partial charge in [-0.25, -0.2) is 4.98 Å². The number of aryl methyl sites for hydroxylation is 1. The molecule has 0 atom stereocenters. The summed E-state index contributed by atoms with van der Waals surface area (Å²) in [5.41, 5.74) is 3.03. The molecule has 1 aromatic heterocycles. The van der Waals surface area contributed by atoms with Crippen molar-refractivity contribution in [1.29, 1.82) is 0 Å². The van der Waals surface area contributed by atoms with Crippen molar-refractivity contribution >= 4 is 0 Å². The maximum atomic E-state index is 13.1. The topological polar surface area (TPSA) is 12.9 Å². The maximum absolute atomic E-state index is 13.1. The van der Waals surface area contributed by atoms with Gasteiger partial charge in [0.05, 0.1) is 5.69 Å².